The number of aromatic nitrogens is 3. The molecule has 2 N–H and O–H groups in total. The van der Waals surface area contributed by atoms with Crippen molar-refractivity contribution in [3.8, 4) is 0 Å². The van der Waals surface area contributed by atoms with Crippen LogP contribution in [-0.4, -0.2) is 32.8 Å². The lowest BCUT2D eigenvalue weighted by molar-refractivity contribution is -0.123. The fourth-order valence-corrected chi connectivity index (χ4v) is 1.44. The summed E-state index contributed by atoms with van der Waals surface area (Å²) in [5.41, 5.74) is 0. The maximum absolute atomic E-state index is 11.7. The van der Waals surface area contributed by atoms with Crippen LogP contribution in [0.5, 0.6) is 0 Å². The van der Waals surface area contributed by atoms with E-state index in [0.717, 1.165) is 12.4 Å². The van der Waals surface area contributed by atoms with E-state index in [9.17, 15) is 4.79 Å². The molecule has 1 unspecified atom stereocenters. The van der Waals surface area contributed by atoms with Crippen molar-refractivity contribution in [1.82, 2.24) is 25.4 Å². The topological polar surface area (TPSA) is 71.8 Å². The summed E-state index contributed by atoms with van der Waals surface area (Å²) in [6.45, 7) is 9.05. The van der Waals surface area contributed by atoms with Crippen molar-refractivity contribution in [2.75, 3.05) is 0 Å². The minimum absolute atomic E-state index is 0.00237. The van der Waals surface area contributed by atoms with Crippen LogP contribution in [0.4, 0.5) is 0 Å². The minimum atomic E-state index is -0.237. The van der Waals surface area contributed by atoms with Crippen LogP contribution in [0.25, 0.3) is 0 Å². The predicted octanol–water partition coefficient (Wildman–Crippen LogP) is 0.301. The van der Waals surface area contributed by atoms with Crippen molar-refractivity contribution in [1.29, 1.82) is 0 Å². The molecule has 1 atom stereocenters. The van der Waals surface area contributed by atoms with Crippen molar-refractivity contribution >= 4 is 5.91 Å². The molecule has 0 fully saturated rings. The highest BCUT2D eigenvalue weighted by atomic mass is 16.2. The van der Waals surface area contributed by atoms with Gasteiger partial charge >= 0.3 is 0 Å². The van der Waals surface area contributed by atoms with E-state index in [1.165, 1.54) is 6.33 Å². The lowest BCUT2D eigenvalue weighted by Crippen LogP contribution is -2.44. The molecule has 0 aromatic carbocycles. The second-order valence-corrected chi connectivity index (χ2v) is 4.26. The molecule has 0 aliphatic heterocycles. The number of aryl methyl sites for hydroxylation is 1. The molecule has 6 heteroatoms. The quantitative estimate of drug-likeness (QED) is 0.749. The Bertz CT molecular complexity index is 360. The summed E-state index contributed by atoms with van der Waals surface area (Å²) in [5, 5.41) is 10.1. The van der Waals surface area contributed by atoms with Crippen molar-refractivity contribution < 1.29 is 4.79 Å². The van der Waals surface area contributed by atoms with Crippen molar-refractivity contribution in [2.45, 2.75) is 52.9 Å². The average molecular weight is 239 g/mol. The summed E-state index contributed by atoms with van der Waals surface area (Å²) in [5.74, 6) is 0.847. The van der Waals surface area contributed by atoms with Gasteiger partial charge in [-0.1, -0.05) is 0 Å². The van der Waals surface area contributed by atoms with Crippen LogP contribution in [0.3, 0.4) is 0 Å². The Morgan fingerprint density at radius 3 is 2.76 bits per heavy atom. The number of carbonyl (C=O) groups is 1. The lowest BCUT2D eigenvalue weighted by atomic mass is 10.3. The van der Waals surface area contributed by atoms with E-state index < -0.39 is 0 Å². The van der Waals surface area contributed by atoms with Crippen LogP contribution >= 0.6 is 0 Å². The van der Waals surface area contributed by atoms with E-state index in [0.29, 0.717) is 6.54 Å². The number of amides is 1. The Balaban J connectivity index is 2.42. The highest BCUT2D eigenvalue weighted by Crippen LogP contribution is 1.95. The highest BCUT2D eigenvalue weighted by molar-refractivity contribution is 5.81. The molecule has 0 saturated heterocycles. The molecule has 17 heavy (non-hydrogen) atoms. The summed E-state index contributed by atoms with van der Waals surface area (Å²) in [7, 11) is 0. The lowest BCUT2D eigenvalue weighted by Gasteiger charge is -2.15. The molecule has 1 heterocycles. The molecule has 0 saturated carbocycles. The summed E-state index contributed by atoms with van der Waals surface area (Å²) in [6, 6.07) is -0.0783. The van der Waals surface area contributed by atoms with Gasteiger partial charge in [-0.25, -0.2) is 9.67 Å². The third-order valence-corrected chi connectivity index (χ3v) is 2.39. The first-order chi connectivity index (χ1) is 8.04. The van der Waals surface area contributed by atoms with Crippen LogP contribution in [0.2, 0.25) is 0 Å². The highest BCUT2D eigenvalue weighted by Gasteiger charge is 2.13. The Morgan fingerprint density at radius 2 is 2.18 bits per heavy atom. The maximum atomic E-state index is 11.7. The molecule has 0 bridgehead atoms. The van der Waals surface area contributed by atoms with E-state index in [1.54, 1.807) is 4.68 Å². The third-order valence-electron chi connectivity index (χ3n) is 2.39. The number of hydrogen-bond donors (Lipinski definition) is 2. The van der Waals surface area contributed by atoms with Gasteiger partial charge in [-0.05, 0) is 27.7 Å². The normalized spacial score (nSPS) is 12.8. The van der Waals surface area contributed by atoms with Crippen LogP contribution in [0, 0.1) is 0 Å². The van der Waals surface area contributed by atoms with Crippen LogP contribution in [0.1, 0.15) is 33.5 Å². The molecule has 0 radical (unpaired) electrons. The molecule has 1 amide bonds. The molecular weight excluding hydrogens is 218 g/mol. The Morgan fingerprint density at radius 1 is 1.47 bits per heavy atom. The Labute approximate surface area is 102 Å². The third kappa shape index (κ3) is 4.14. The van der Waals surface area contributed by atoms with Crippen molar-refractivity contribution in [2.24, 2.45) is 0 Å². The molecule has 1 rings (SSSR count). The molecule has 96 valence electrons. The number of hydrogen-bond acceptors (Lipinski definition) is 4. The van der Waals surface area contributed by atoms with Crippen LogP contribution in [-0.2, 0) is 17.9 Å². The predicted molar refractivity (Wildman–Crippen MR) is 65.3 cm³/mol. The number of nitrogens with zero attached hydrogens (tertiary/aromatic N) is 3. The van der Waals surface area contributed by atoms with Gasteiger partial charge in [0.05, 0.1) is 12.6 Å². The van der Waals surface area contributed by atoms with E-state index >= 15 is 0 Å². The average Bonchev–Trinajstić information content (AvgIpc) is 2.72. The number of carbonyl (C=O) groups excluding carboxylic acids is 1. The van der Waals surface area contributed by atoms with Gasteiger partial charge in [0.1, 0.15) is 12.2 Å². The van der Waals surface area contributed by atoms with Gasteiger partial charge in [0.25, 0.3) is 0 Å². The molecule has 0 aliphatic rings. The second-order valence-electron chi connectivity index (χ2n) is 4.26. The SMILES string of the molecule is CCn1ncnc1CNC(C)C(=O)NC(C)C. The van der Waals surface area contributed by atoms with Crippen LogP contribution < -0.4 is 10.6 Å². The van der Waals surface area contributed by atoms with E-state index in [4.69, 9.17) is 0 Å². The fourth-order valence-electron chi connectivity index (χ4n) is 1.44. The van der Waals surface area contributed by atoms with Gasteiger partial charge in [-0.2, -0.15) is 5.10 Å². The molecular formula is C11H21N5O. The van der Waals surface area contributed by atoms with Gasteiger partial charge in [0.2, 0.25) is 5.91 Å². The molecule has 1 aromatic heterocycles. The minimum Gasteiger partial charge on any atom is -0.353 e. The zero-order valence-electron chi connectivity index (χ0n) is 10.9. The standard InChI is InChI=1S/C11H21N5O/c1-5-16-10(13-7-14-16)6-12-9(4)11(17)15-8(2)3/h7-9,12H,5-6H2,1-4H3,(H,15,17). The van der Waals surface area contributed by atoms with Crippen molar-refractivity contribution in [3.05, 3.63) is 12.2 Å². The molecule has 1 aromatic rings. The zero-order valence-corrected chi connectivity index (χ0v) is 10.9. The molecule has 0 aliphatic carbocycles. The van der Waals surface area contributed by atoms with E-state index in [2.05, 4.69) is 20.7 Å². The fraction of sp³-hybridized carbons (Fsp3) is 0.727. The Kier molecular flexibility index (Phi) is 5.09. The molecule has 6 nitrogen and oxygen atoms in total. The monoisotopic (exact) mass is 239 g/mol. The van der Waals surface area contributed by atoms with Gasteiger partial charge in [0, 0.05) is 12.6 Å². The van der Waals surface area contributed by atoms with Gasteiger partial charge < -0.3 is 5.32 Å². The van der Waals surface area contributed by atoms with Gasteiger partial charge in [0.15, 0.2) is 0 Å². The number of nitrogens with one attached hydrogen (secondary N) is 2. The van der Waals surface area contributed by atoms with Gasteiger partial charge in [-0.15, -0.1) is 0 Å². The summed E-state index contributed by atoms with van der Waals surface area (Å²) >= 11 is 0. The second kappa shape index (κ2) is 6.34. The first-order valence-corrected chi connectivity index (χ1v) is 5.95. The van der Waals surface area contributed by atoms with Crippen LogP contribution in [0.15, 0.2) is 6.33 Å². The summed E-state index contributed by atoms with van der Waals surface area (Å²) in [6.07, 6.45) is 1.53. The first kappa shape index (κ1) is 13.6. The van der Waals surface area contributed by atoms with E-state index in [1.807, 2.05) is 27.7 Å². The Hall–Kier alpha value is -1.43. The largest absolute Gasteiger partial charge is 0.353 e. The summed E-state index contributed by atoms with van der Waals surface area (Å²) < 4.78 is 1.81. The smallest absolute Gasteiger partial charge is 0.237 e. The zero-order chi connectivity index (χ0) is 12.8. The summed E-state index contributed by atoms with van der Waals surface area (Å²) in [4.78, 5) is 15.8. The van der Waals surface area contributed by atoms with Crippen molar-refractivity contribution in [3.63, 3.8) is 0 Å². The number of rotatable bonds is 6. The molecule has 0 spiro atoms. The van der Waals surface area contributed by atoms with E-state index in [-0.39, 0.29) is 18.0 Å². The van der Waals surface area contributed by atoms with Gasteiger partial charge in [-0.3, -0.25) is 10.1 Å². The first-order valence-electron chi connectivity index (χ1n) is 5.95. The maximum Gasteiger partial charge on any atom is 0.237 e.